The smallest absolute Gasteiger partial charge is 0.269 e. The Morgan fingerprint density at radius 2 is 1.81 bits per heavy atom. The number of carbonyl (C=O) groups excluding carboxylic acids is 1. The number of benzene rings is 2. The first-order valence-corrected chi connectivity index (χ1v) is 10.1. The van der Waals surface area contributed by atoms with Crippen LogP contribution in [0.3, 0.4) is 0 Å². The van der Waals surface area contributed by atoms with Crippen molar-refractivity contribution in [2.24, 2.45) is 0 Å². The van der Waals surface area contributed by atoms with Crippen LogP contribution in [0.5, 0.6) is 0 Å². The Morgan fingerprint density at radius 1 is 1.19 bits per heavy atom. The molecular formula is C19H22N2O5S. The number of non-ortho nitro benzene ring substituents is 1. The average molecular weight is 390 g/mol. The van der Waals surface area contributed by atoms with Crippen molar-refractivity contribution in [1.82, 2.24) is 4.90 Å². The summed E-state index contributed by atoms with van der Waals surface area (Å²) in [5.41, 5.74) is 1.51. The van der Waals surface area contributed by atoms with Crippen LogP contribution in [0.25, 0.3) is 0 Å². The Kier molecular flexibility index (Phi) is 6.32. The maximum Gasteiger partial charge on any atom is 0.269 e. The van der Waals surface area contributed by atoms with Crippen LogP contribution in [0, 0.1) is 17.0 Å². The topological polar surface area (TPSA) is 97.6 Å². The molecule has 0 aliphatic heterocycles. The number of hydrogen-bond donors (Lipinski definition) is 0. The molecule has 8 heteroatoms. The number of nitrogens with zero attached hydrogens (tertiary/aromatic N) is 2. The van der Waals surface area contributed by atoms with E-state index in [1.807, 2.05) is 6.92 Å². The number of rotatable bonds is 7. The van der Waals surface area contributed by atoms with Gasteiger partial charge in [0.1, 0.15) is 0 Å². The Balaban J connectivity index is 2.05. The van der Waals surface area contributed by atoms with Gasteiger partial charge in [0.15, 0.2) is 9.84 Å². The largest absolute Gasteiger partial charge is 0.339 e. The standard InChI is InChI=1S/C19H22N2O5S/c1-14-7-9-18(10-8-14)27(25,26)12-11-19(22)20(3)15(2)16-5-4-6-17(13-16)21(23)24/h4-10,13,15H,11-12H2,1-3H3/t15-/m1/s1. The van der Waals surface area contributed by atoms with E-state index in [0.717, 1.165) is 5.56 Å². The number of amides is 1. The number of nitro groups is 1. The monoisotopic (exact) mass is 390 g/mol. The van der Waals surface area contributed by atoms with E-state index in [0.29, 0.717) is 5.56 Å². The summed E-state index contributed by atoms with van der Waals surface area (Å²) in [5, 5.41) is 10.9. The van der Waals surface area contributed by atoms with E-state index < -0.39 is 20.8 Å². The molecule has 0 saturated heterocycles. The van der Waals surface area contributed by atoms with Crippen molar-refractivity contribution in [3.63, 3.8) is 0 Å². The van der Waals surface area contributed by atoms with Gasteiger partial charge in [-0.3, -0.25) is 14.9 Å². The summed E-state index contributed by atoms with van der Waals surface area (Å²) in [6.45, 7) is 3.61. The van der Waals surface area contributed by atoms with Crippen LogP contribution in [0.4, 0.5) is 5.69 Å². The molecule has 0 heterocycles. The van der Waals surface area contributed by atoms with Crippen molar-refractivity contribution < 1.29 is 18.1 Å². The van der Waals surface area contributed by atoms with Gasteiger partial charge in [0.05, 0.1) is 21.6 Å². The molecule has 2 aromatic carbocycles. The molecule has 0 saturated carbocycles. The third-order valence-corrected chi connectivity index (χ3v) is 6.23. The van der Waals surface area contributed by atoms with Crippen molar-refractivity contribution >= 4 is 21.4 Å². The Morgan fingerprint density at radius 3 is 2.41 bits per heavy atom. The van der Waals surface area contributed by atoms with Crippen LogP contribution in [0.2, 0.25) is 0 Å². The van der Waals surface area contributed by atoms with Crippen LogP contribution in [0.15, 0.2) is 53.4 Å². The number of hydrogen-bond acceptors (Lipinski definition) is 5. The zero-order valence-electron chi connectivity index (χ0n) is 15.5. The van der Waals surface area contributed by atoms with E-state index in [2.05, 4.69) is 0 Å². The van der Waals surface area contributed by atoms with E-state index in [9.17, 15) is 23.3 Å². The molecule has 0 N–H and O–H groups in total. The molecule has 144 valence electrons. The summed E-state index contributed by atoms with van der Waals surface area (Å²) in [5.74, 6) is -0.634. The molecule has 2 rings (SSSR count). The van der Waals surface area contributed by atoms with Gasteiger partial charge in [-0.15, -0.1) is 0 Å². The van der Waals surface area contributed by atoms with Crippen LogP contribution >= 0.6 is 0 Å². The second-order valence-corrected chi connectivity index (χ2v) is 8.52. The van der Waals surface area contributed by atoms with Crippen molar-refractivity contribution in [2.45, 2.75) is 31.2 Å². The van der Waals surface area contributed by atoms with Gasteiger partial charge in [-0.2, -0.15) is 0 Å². The third-order valence-electron chi connectivity index (χ3n) is 4.50. The highest BCUT2D eigenvalue weighted by molar-refractivity contribution is 7.91. The molecule has 2 aromatic rings. The maximum atomic E-state index is 12.4. The molecule has 0 aromatic heterocycles. The lowest BCUT2D eigenvalue weighted by molar-refractivity contribution is -0.384. The van der Waals surface area contributed by atoms with Crippen LogP contribution in [0.1, 0.15) is 30.5 Å². The summed E-state index contributed by atoms with van der Waals surface area (Å²) >= 11 is 0. The Bertz CT molecular complexity index is 939. The quantitative estimate of drug-likeness (QED) is 0.534. The van der Waals surface area contributed by atoms with Crippen molar-refractivity contribution in [3.8, 4) is 0 Å². The highest BCUT2D eigenvalue weighted by Crippen LogP contribution is 2.24. The number of sulfone groups is 1. The second kappa shape index (κ2) is 8.30. The maximum absolute atomic E-state index is 12.4. The first-order valence-electron chi connectivity index (χ1n) is 8.41. The zero-order valence-corrected chi connectivity index (χ0v) is 16.3. The molecule has 0 spiro atoms. The van der Waals surface area contributed by atoms with Crippen molar-refractivity contribution in [1.29, 1.82) is 0 Å². The average Bonchev–Trinajstić information content (AvgIpc) is 2.65. The van der Waals surface area contributed by atoms with Gasteiger partial charge >= 0.3 is 0 Å². The van der Waals surface area contributed by atoms with Crippen LogP contribution < -0.4 is 0 Å². The van der Waals surface area contributed by atoms with Gasteiger partial charge in [-0.1, -0.05) is 29.8 Å². The van der Waals surface area contributed by atoms with Crippen molar-refractivity contribution in [2.75, 3.05) is 12.8 Å². The predicted octanol–water partition coefficient (Wildman–Crippen LogP) is 3.29. The molecule has 0 bridgehead atoms. The van der Waals surface area contributed by atoms with Gasteiger partial charge < -0.3 is 4.90 Å². The summed E-state index contributed by atoms with van der Waals surface area (Å²) < 4.78 is 24.8. The molecule has 0 radical (unpaired) electrons. The van der Waals surface area contributed by atoms with E-state index in [-0.39, 0.29) is 28.7 Å². The summed E-state index contributed by atoms with van der Waals surface area (Å²) in [7, 11) is -1.99. The molecule has 1 amide bonds. The fourth-order valence-corrected chi connectivity index (χ4v) is 3.83. The molecule has 0 fully saturated rings. The highest BCUT2D eigenvalue weighted by atomic mass is 32.2. The summed E-state index contributed by atoms with van der Waals surface area (Å²) in [6.07, 6.45) is -0.161. The number of carbonyl (C=O) groups is 1. The third kappa shape index (κ3) is 5.13. The zero-order chi connectivity index (χ0) is 20.2. The van der Waals surface area contributed by atoms with E-state index >= 15 is 0 Å². The lowest BCUT2D eigenvalue weighted by Gasteiger charge is -2.25. The fourth-order valence-electron chi connectivity index (χ4n) is 2.60. The van der Waals surface area contributed by atoms with Gasteiger partial charge in [0.25, 0.3) is 5.69 Å². The highest BCUT2D eigenvalue weighted by Gasteiger charge is 2.22. The lowest BCUT2D eigenvalue weighted by atomic mass is 10.1. The first kappa shape index (κ1) is 20.6. The Hall–Kier alpha value is -2.74. The van der Waals surface area contributed by atoms with Gasteiger partial charge in [0.2, 0.25) is 5.91 Å². The molecule has 0 aliphatic rings. The van der Waals surface area contributed by atoms with E-state index in [1.165, 1.54) is 29.2 Å². The molecular weight excluding hydrogens is 368 g/mol. The van der Waals surface area contributed by atoms with Crippen molar-refractivity contribution in [3.05, 3.63) is 69.8 Å². The lowest BCUT2D eigenvalue weighted by Crippen LogP contribution is -2.31. The summed E-state index contributed by atoms with van der Waals surface area (Å²) in [6, 6.07) is 12.1. The minimum atomic E-state index is -3.55. The normalized spacial score (nSPS) is 12.4. The Labute approximate surface area is 158 Å². The van der Waals surface area contributed by atoms with Gasteiger partial charge in [-0.25, -0.2) is 8.42 Å². The molecule has 27 heavy (non-hydrogen) atoms. The van der Waals surface area contributed by atoms with E-state index in [4.69, 9.17) is 0 Å². The number of aryl methyl sites for hydroxylation is 1. The second-order valence-electron chi connectivity index (χ2n) is 6.41. The minimum absolute atomic E-state index is 0.0536. The minimum Gasteiger partial charge on any atom is -0.339 e. The molecule has 0 aliphatic carbocycles. The fraction of sp³-hybridized carbons (Fsp3) is 0.316. The molecule has 1 atom stereocenters. The van der Waals surface area contributed by atoms with Crippen LogP contribution in [-0.2, 0) is 14.6 Å². The van der Waals surface area contributed by atoms with Gasteiger partial charge in [-0.05, 0) is 31.5 Å². The van der Waals surface area contributed by atoms with Crippen LogP contribution in [-0.4, -0.2) is 36.9 Å². The summed E-state index contributed by atoms with van der Waals surface area (Å²) in [4.78, 5) is 24.4. The molecule has 7 nitrogen and oxygen atoms in total. The molecule has 0 unspecified atom stereocenters. The SMILES string of the molecule is Cc1ccc(S(=O)(=O)CCC(=O)N(C)[C@H](C)c2cccc([N+](=O)[O-])c2)cc1. The number of nitro benzene ring substituents is 1. The first-order chi connectivity index (χ1) is 12.6. The van der Waals surface area contributed by atoms with Gasteiger partial charge in [0, 0.05) is 25.6 Å². The van der Waals surface area contributed by atoms with E-state index in [1.54, 1.807) is 38.2 Å². The predicted molar refractivity (Wildman–Crippen MR) is 102 cm³/mol.